The maximum absolute atomic E-state index is 12.1. The zero-order valence-corrected chi connectivity index (χ0v) is 15.2. The summed E-state index contributed by atoms with van der Waals surface area (Å²) in [6, 6.07) is 7.82. The highest BCUT2D eigenvalue weighted by molar-refractivity contribution is 6.07. The van der Waals surface area contributed by atoms with Gasteiger partial charge in [-0.05, 0) is 42.5 Å². The molecule has 2 aliphatic heterocycles. The number of carbonyl (C=O) groups excluding carboxylic acids is 2. The molecule has 0 bridgehead atoms. The van der Waals surface area contributed by atoms with Gasteiger partial charge in [0.15, 0.2) is 0 Å². The van der Waals surface area contributed by atoms with Gasteiger partial charge in [0, 0.05) is 13.1 Å². The molecular formula is C19H27N3O3. The summed E-state index contributed by atoms with van der Waals surface area (Å²) in [5, 5.41) is 5.15. The Bertz CT molecular complexity index is 651. The van der Waals surface area contributed by atoms with Crippen molar-refractivity contribution in [3.05, 3.63) is 29.8 Å². The number of imide groups is 1. The van der Waals surface area contributed by atoms with Gasteiger partial charge in [-0.25, -0.2) is 4.79 Å². The molecule has 1 spiro atoms. The monoisotopic (exact) mass is 345 g/mol. The van der Waals surface area contributed by atoms with Crippen LogP contribution in [0.2, 0.25) is 0 Å². The molecular weight excluding hydrogens is 318 g/mol. The van der Waals surface area contributed by atoms with E-state index >= 15 is 0 Å². The van der Waals surface area contributed by atoms with Crippen molar-refractivity contribution in [3.8, 4) is 5.75 Å². The van der Waals surface area contributed by atoms with Crippen molar-refractivity contribution in [1.82, 2.24) is 15.5 Å². The van der Waals surface area contributed by atoms with Crippen LogP contribution < -0.4 is 15.4 Å². The van der Waals surface area contributed by atoms with Gasteiger partial charge in [0.1, 0.15) is 17.9 Å². The molecule has 1 atom stereocenters. The van der Waals surface area contributed by atoms with Gasteiger partial charge >= 0.3 is 6.03 Å². The Hall–Kier alpha value is -2.08. The van der Waals surface area contributed by atoms with Crippen molar-refractivity contribution >= 4 is 11.9 Å². The van der Waals surface area contributed by atoms with E-state index in [-0.39, 0.29) is 17.4 Å². The average Bonchev–Trinajstić information content (AvgIpc) is 2.80. The second-order valence-electron chi connectivity index (χ2n) is 7.99. The lowest BCUT2D eigenvalue weighted by Crippen LogP contribution is -2.58. The Morgan fingerprint density at radius 1 is 1.20 bits per heavy atom. The number of rotatable bonds is 4. The van der Waals surface area contributed by atoms with Crippen LogP contribution in [0.3, 0.4) is 0 Å². The van der Waals surface area contributed by atoms with Crippen molar-refractivity contribution in [2.75, 3.05) is 26.2 Å². The predicted molar refractivity (Wildman–Crippen MR) is 95.7 cm³/mol. The summed E-state index contributed by atoms with van der Waals surface area (Å²) >= 11 is 0. The first kappa shape index (κ1) is 17.7. The highest BCUT2D eigenvalue weighted by Crippen LogP contribution is 2.25. The molecule has 1 unspecified atom stereocenters. The zero-order valence-electron chi connectivity index (χ0n) is 15.2. The summed E-state index contributed by atoms with van der Waals surface area (Å²) in [7, 11) is 0. The lowest BCUT2D eigenvalue weighted by Gasteiger charge is -2.37. The minimum absolute atomic E-state index is 0.132. The van der Waals surface area contributed by atoms with Gasteiger partial charge in [0.05, 0.1) is 0 Å². The third-order valence-corrected chi connectivity index (χ3v) is 4.98. The number of nitrogens with zero attached hydrogens (tertiary/aromatic N) is 1. The number of ether oxygens (including phenoxy) is 1. The second-order valence-corrected chi connectivity index (χ2v) is 7.99. The maximum Gasteiger partial charge on any atom is 0.322 e. The molecule has 2 aliphatic rings. The Morgan fingerprint density at radius 3 is 2.52 bits per heavy atom. The molecule has 6 nitrogen and oxygen atoms in total. The molecule has 2 heterocycles. The van der Waals surface area contributed by atoms with Crippen molar-refractivity contribution in [1.29, 1.82) is 0 Å². The molecule has 6 heteroatoms. The molecule has 136 valence electrons. The Kier molecular flexibility index (Phi) is 4.73. The average molecular weight is 345 g/mol. The minimum atomic E-state index is -0.760. The summed E-state index contributed by atoms with van der Waals surface area (Å²) in [5.41, 5.74) is 0.650. The summed E-state index contributed by atoms with van der Waals surface area (Å²) in [6.07, 6.45) is 1.57. The number of amides is 3. The molecule has 0 aliphatic carbocycles. The Morgan fingerprint density at radius 2 is 1.92 bits per heavy atom. The van der Waals surface area contributed by atoms with Gasteiger partial charge in [-0.3, -0.25) is 15.0 Å². The van der Waals surface area contributed by atoms with E-state index in [1.807, 2.05) is 12.1 Å². The van der Waals surface area contributed by atoms with Crippen LogP contribution in [0.15, 0.2) is 24.3 Å². The van der Waals surface area contributed by atoms with Gasteiger partial charge in [-0.1, -0.05) is 32.9 Å². The maximum atomic E-state index is 12.1. The van der Waals surface area contributed by atoms with E-state index < -0.39 is 5.54 Å². The number of likely N-dealkylation sites (tertiary alicyclic amines) is 1. The first-order valence-corrected chi connectivity index (χ1v) is 8.88. The number of carbonyl (C=O) groups is 2. The fourth-order valence-electron chi connectivity index (χ4n) is 3.49. The van der Waals surface area contributed by atoms with Gasteiger partial charge in [-0.2, -0.15) is 0 Å². The van der Waals surface area contributed by atoms with E-state index in [1.165, 1.54) is 5.56 Å². The number of piperidine rings is 1. The van der Waals surface area contributed by atoms with E-state index in [2.05, 4.69) is 48.4 Å². The normalized spacial score (nSPS) is 24.3. The van der Waals surface area contributed by atoms with E-state index in [0.29, 0.717) is 19.6 Å². The van der Waals surface area contributed by atoms with E-state index in [1.54, 1.807) is 0 Å². The molecule has 3 rings (SSSR count). The van der Waals surface area contributed by atoms with Crippen LogP contribution in [0.25, 0.3) is 0 Å². The van der Waals surface area contributed by atoms with Crippen LogP contribution in [-0.2, 0) is 10.2 Å². The molecule has 2 saturated heterocycles. The Balaban J connectivity index is 1.50. The van der Waals surface area contributed by atoms with Gasteiger partial charge < -0.3 is 10.1 Å². The third-order valence-electron chi connectivity index (χ3n) is 4.98. The standard InChI is InChI=1S/C19H27N3O3/c1-18(2,3)14-5-7-15(8-6-14)25-12-11-22-10-4-9-19(13-22)16(23)20-17(24)21-19/h5-8H,4,9-13H2,1-3H3,(H2,20,21,23,24). The van der Waals surface area contributed by atoms with Crippen molar-refractivity contribution in [2.24, 2.45) is 0 Å². The molecule has 2 N–H and O–H groups in total. The van der Waals surface area contributed by atoms with Crippen LogP contribution in [0.5, 0.6) is 5.75 Å². The largest absolute Gasteiger partial charge is 0.492 e. The molecule has 0 saturated carbocycles. The summed E-state index contributed by atoms with van der Waals surface area (Å²) in [4.78, 5) is 25.7. The molecule has 2 fully saturated rings. The van der Waals surface area contributed by atoms with Gasteiger partial charge in [0.25, 0.3) is 5.91 Å². The van der Waals surface area contributed by atoms with Crippen molar-refractivity contribution < 1.29 is 14.3 Å². The molecule has 1 aromatic rings. The zero-order chi connectivity index (χ0) is 18.1. The molecule has 1 aromatic carbocycles. The van der Waals surface area contributed by atoms with E-state index in [9.17, 15) is 9.59 Å². The highest BCUT2D eigenvalue weighted by Gasteiger charge is 2.48. The lowest BCUT2D eigenvalue weighted by molar-refractivity contribution is -0.126. The molecule has 25 heavy (non-hydrogen) atoms. The minimum Gasteiger partial charge on any atom is -0.492 e. The Labute approximate surface area is 148 Å². The number of hydrogen-bond donors (Lipinski definition) is 2. The van der Waals surface area contributed by atoms with Gasteiger partial charge in [-0.15, -0.1) is 0 Å². The van der Waals surface area contributed by atoms with Crippen LogP contribution in [0.1, 0.15) is 39.2 Å². The fourth-order valence-corrected chi connectivity index (χ4v) is 3.49. The molecule has 0 radical (unpaired) electrons. The fraction of sp³-hybridized carbons (Fsp3) is 0.579. The first-order chi connectivity index (χ1) is 11.8. The van der Waals surface area contributed by atoms with E-state index in [0.717, 1.165) is 25.3 Å². The van der Waals surface area contributed by atoms with Crippen molar-refractivity contribution in [3.63, 3.8) is 0 Å². The third kappa shape index (κ3) is 3.95. The van der Waals surface area contributed by atoms with Crippen LogP contribution in [0, 0.1) is 0 Å². The summed E-state index contributed by atoms with van der Waals surface area (Å²) in [6.45, 7) is 9.30. The lowest BCUT2D eigenvalue weighted by atomic mass is 9.87. The smallest absolute Gasteiger partial charge is 0.322 e. The quantitative estimate of drug-likeness (QED) is 0.819. The predicted octanol–water partition coefficient (Wildman–Crippen LogP) is 2.04. The van der Waals surface area contributed by atoms with Crippen LogP contribution in [-0.4, -0.2) is 48.6 Å². The molecule has 3 amide bonds. The van der Waals surface area contributed by atoms with Crippen LogP contribution >= 0.6 is 0 Å². The van der Waals surface area contributed by atoms with Crippen molar-refractivity contribution in [2.45, 2.75) is 44.6 Å². The van der Waals surface area contributed by atoms with Gasteiger partial charge in [0.2, 0.25) is 0 Å². The summed E-state index contributed by atoms with van der Waals surface area (Å²) < 4.78 is 5.85. The SMILES string of the molecule is CC(C)(C)c1ccc(OCCN2CCCC3(C2)NC(=O)NC3=O)cc1. The number of benzene rings is 1. The summed E-state index contributed by atoms with van der Waals surface area (Å²) in [5.74, 6) is 0.646. The number of nitrogens with one attached hydrogen (secondary N) is 2. The molecule has 0 aromatic heterocycles. The number of hydrogen-bond acceptors (Lipinski definition) is 4. The topological polar surface area (TPSA) is 70.7 Å². The highest BCUT2D eigenvalue weighted by atomic mass is 16.5. The van der Waals surface area contributed by atoms with E-state index in [4.69, 9.17) is 4.74 Å². The second kappa shape index (κ2) is 6.67. The van der Waals surface area contributed by atoms with Crippen LogP contribution in [0.4, 0.5) is 4.79 Å². The first-order valence-electron chi connectivity index (χ1n) is 8.88. The number of urea groups is 1.